The molecule has 3 N–H and O–H groups in total. The lowest BCUT2D eigenvalue weighted by molar-refractivity contribution is -0.116. The van der Waals surface area contributed by atoms with Gasteiger partial charge < -0.3 is 16.0 Å². The maximum absolute atomic E-state index is 11.8. The number of benzene rings is 1. The molecular weight excluding hydrogens is 250 g/mol. The summed E-state index contributed by atoms with van der Waals surface area (Å²) in [5, 5.41) is 2.99. The number of rotatable bonds is 6. The molecule has 1 aromatic carbocycles. The van der Waals surface area contributed by atoms with Crippen LogP contribution in [0.15, 0.2) is 18.2 Å². The van der Waals surface area contributed by atoms with E-state index in [0.29, 0.717) is 13.0 Å². The summed E-state index contributed by atoms with van der Waals surface area (Å²) in [6.07, 6.45) is 4.86. The molecule has 110 valence electrons. The molecule has 0 spiro atoms. The molecular formula is C16H25N3O. The molecule has 0 aromatic heterocycles. The maximum Gasteiger partial charge on any atom is 0.224 e. The molecule has 1 aromatic rings. The van der Waals surface area contributed by atoms with Crippen LogP contribution in [-0.4, -0.2) is 25.5 Å². The van der Waals surface area contributed by atoms with Crippen molar-refractivity contribution in [1.82, 2.24) is 0 Å². The summed E-state index contributed by atoms with van der Waals surface area (Å²) in [5.74, 6) is 0.0791. The van der Waals surface area contributed by atoms with Crippen molar-refractivity contribution in [3.05, 3.63) is 23.8 Å². The molecule has 0 aliphatic carbocycles. The fourth-order valence-electron chi connectivity index (χ4n) is 2.60. The molecule has 1 saturated heterocycles. The van der Waals surface area contributed by atoms with Crippen molar-refractivity contribution >= 4 is 17.3 Å². The SMILES string of the molecule is Cc1cc(N2CCCC2)ccc1NC(=O)CCCCN. The van der Waals surface area contributed by atoms with E-state index in [4.69, 9.17) is 5.73 Å². The van der Waals surface area contributed by atoms with Crippen LogP contribution in [-0.2, 0) is 4.79 Å². The first-order valence-corrected chi connectivity index (χ1v) is 7.56. The summed E-state index contributed by atoms with van der Waals surface area (Å²) in [7, 11) is 0. The molecule has 1 heterocycles. The maximum atomic E-state index is 11.8. The van der Waals surface area contributed by atoms with Gasteiger partial charge in [-0.25, -0.2) is 0 Å². The van der Waals surface area contributed by atoms with Gasteiger partial charge in [0.15, 0.2) is 0 Å². The van der Waals surface area contributed by atoms with Crippen molar-refractivity contribution in [2.24, 2.45) is 5.73 Å². The van der Waals surface area contributed by atoms with Crippen LogP contribution in [0.5, 0.6) is 0 Å². The van der Waals surface area contributed by atoms with Gasteiger partial charge >= 0.3 is 0 Å². The fourth-order valence-corrected chi connectivity index (χ4v) is 2.60. The number of hydrogen-bond donors (Lipinski definition) is 2. The van der Waals surface area contributed by atoms with Gasteiger partial charge in [-0.05, 0) is 62.9 Å². The molecule has 0 bridgehead atoms. The minimum absolute atomic E-state index is 0.0791. The van der Waals surface area contributed by atoms with E-state index in [1.807, 2.05) is 6.07 Å². The minimum Gasteiger partial charge on any atom is -0.372 e. The summed E-state index contributed by atoms with van der Waals surface area (Å²) in [4.78, 5) is 14.2. The summed E-state index contributed by atoms with van der Waals surface area (Å²) >= 11 is 0. The number of aryl methyl sites for hydroxylation is 1. The zero-order chi connectivity index (χ0) is 14.4. The highest BCUT2D eigenvalue weighted by Gasteiger charge is 2.13. The fraction of sp³-hybridized carbons (Fsp3) is 0.562. The molecule has 0 atom stereocenters. The van der Waals surface area contributed by atoms with Crippen molar-refractivity contribution in [2.45, 2.75) is 39.0 Å². The first-order chi connectivity index (χ1) is 9.70. The van der Waals surface area contributed by atoms with E-state index in [2.05, 4.69) is 29.3 Å². The number of nitrogens with zero attached hydrogens (tertiary/aromatic N) is 1. The van der Waals surface area contributed by atoms with Crippen LogP contribution in [0.2, 0.25) is 0 Å². The molecule has 0 saturated carbocycles. The zero-order valence-corrected chi connectivity index (χ0v) is 12.3. The molecule has 1 aliphatic rings. The van der Waals surface area contributed by atoms with E-state index in [1.54, 1.807) is 0 Å². The topological polar surface area (TPSA) is 58.4 Å². The number of anilines is 2. The van der Waals surface area contributed by atoms with Gasteiger partial charge in [-0.1, -0.05) is 0 Å². The van der Waals surface area contributed by atoms with E-state index in [-0.39, 0.29) is 5.91 Å². The molecule has 4 nitrogen and oxygen atoms in total. The highest BCUT2D eigenvalue weighted by molar-refractivity contribution is 5.91. The lowest BCUT2D eigenvalue weighted by Crippen LogP contribution is -2.18. The standard InChI is InChI=1S/C16H25N3O/c1-13-12-14(19-10-4-5-11-19)7-8-15(13)18-16(20)6-2-3-9-17/h7-8,12H,2-6,9-11,17H2,1H3,(H,18,20). The van der Waals surface area contributed by atoms with E-state index >= 15 is 0 Å². The van der Waals surface area contributed by atoms with Crippen molar-refractivity contribution in [3.8, 4) is 0 Å². The van der Waals surface area contributed by atoms with Gasteiger partial charge in [0.1, 0.15) is 0 Å². The van der Waals surface area contributed by atoms with E-state index in [1.165, 1.54) is 18.5 Å². The lowest BCUT2D eigenvalue weighted by atomic mass is 10.1. The number of nitrogens with one attached hydrogen (secondary N) is 1. The summed E-state index contributed by atoms with van der Waals surface area (Å²) < 4.78 is 0. The number of carbonyl (C=O) groups is 1. The third-order valence-corrected chi connectivity index (χ3v) is 3.81. The van der Waals surface area contributed by atoms with Crippen molar-refractivity contribution in [2.75, 3.05) is 29.9 Å². The monoisotopic (exact) mass is 275 g/mol. The minimum atomic E-state index is 0.0791. The number of hydrogen-bond acceptors (Lipinski definition) is 3. The van der Waals surface area contributed by atoms with Crippen molar-refractivity contribution in [3.63, 3.8) is 0 Å². The zero-order valence-electron chi connectivity index (χ0n) is 12.3. The third-order valence-electron chi connectivity index (χ3n) is 3.81. The van der Waals surface area contributed by atoms with Gasteiger partial charge in [0, 0.05) is 30.9 Å². The Morgan fingerprint density at radius 2 is 2.05 bits per heavy atom. The summed E-state index contributed by atoms with van der Waals surface area (Å²) in [6, 6.07) is 6.29. The molecule has 1 fully saturated rings. The van der Waals surface area contributed by atoms with Crippen LogP contribution >= 0.6 is 0 Å². The molecule has 20 heavy (non-hydrogen) atoms. The van der Waals surface area contributed by atoms with Crippen LogP contribution in [0.4, 0.5) is 11.4 Å². The van der Waals surface area contributed by atoms with Gasteiger partial charge in [0.25, 0.3) is 0 Å². The number of nitrogens with two attached hydrogens (primary N) is 1. The molecule has 0 radical (unpaired) electrons. The van der Waals surface area contributed by atoms with Crippen molar-refractivity contribution in [1.29, 1.82) is 0 Å². The number of amides is 1. The summed E-state index contributed by atoms with van der Waals surface area (Å²) in [5.41, 5.74) is 8.74. The molecule has 1 amide bonds. The van der Waals surface area contributed by atoms with E-state index in [0.717, 1.165) is 37.2 Å². The second-order valence-electron chi connectivity index (χ2n) is 5.49. The predicted octanol–water partition coefficient (Wildman–Crippen LogP) is 2.66. The quantitative estimate of drug-likeness (QED) is 0.785. The Morgan fingerprint density at radius 1 is 1.30 bits per heavy atom. The third kappa shape index (κ3) is 3.97. The molecule has 2 rings (SSSR count). The van der Waals surface area contributed by atoms with E-state index in [9.17, 15) is 4.79 Å². The van der Waals surface area contributed by atoms with Gasteiger partial charge in [0.2, 0.25) is 5.91 Å². The highest BCUT2D eigenvalue weighted by Crippen LogP contribution is 2.25. The molecule has 0 unspecified atom stereocenters. The van der Waals surface area contributed by atoms with Crippen LogP contribution < -0.4 is 16.0 Å². The van der Waals surface area contributed by atoms with Crippen molar-refractivity contribution < 1.29 is 4.79 Å². The smallest absolute Gasteiger partial charge is 0.224 e. The van der Waals surface area contributed by atoms with Gasteiger partial charge in [-0.15, -0.1) is 0 Å². The van der Waals surface area contributed by atoms with Crippen LogP contribution in [0.1, 0.15) is 37.7 Å². The van der Waals surface area contributed by atoms with Crippen LogP contribution in [0, 0.1) is 6.92 Å². The van der Waals surface area contributed by atoms with E-state index < -0.39 is 0 Å². The van der Waals surface area contributed by atoms with Crippen LogP contribution in [0.3, 0.4) is 0 Å². The second-order valence-corrected chi connectivity index (χ2v) is 5.49. The Hall–Kier alpha value is -1.55. The lowest BCUT2D eigenvalue weighted by Gasteiger charge is -2.19. The normalized spacial score (nSPS) is 14.6. The second kappa shape index (κ2) is 7.29. The predicted molar refractivity (Wildman–Crippen MR) is 84.2 cm³/mol. The van der Waals surface area contributed by atoms with Gasteiger partial charge in [-0.3, -0.25) is 4.79 Å². The summed E-state index contributed by atoms with van der Waals surface area (Å²) in [6.45, 7) is 4.99. The Morgan fingerprint density at radius 3 is 2.70 bits per heavy atom. The number of carbonyl (C=O) groups excluding carboxylic acids is 1. The first kappa shape index (κ1) is 14.9. The largest absolute Gasteiger partial charge is 0.372 e. The van der Waals surface area contributed by atoms with Crippen LogP contribution in [0.25, 0.3) is 0 Å². The Kier molecular flexibility index (Phi) is 5.41. The molecule has 1 aliphatic heterocycles. The van der Waals surface area contributed by atoms with Gasteiger partial charge in [0.05, 0.1) is 0 Å². The Bertz CT molecular complexity index is 453. The highest BCUT2D eigenvalue weighted by atomic mass is 16.1. The molecule has 4 heteroatoms. The average molecular weight is 275 g/mol. The first-order valence-electron chi connectivity index (χ1n) is 7.56. The average Bonchev–Trinajstić information content (AvgIpc) is 2.95. The number of unbranched alkanes of at least 4 members (excludes halogenated alkanes) is 1. The Balaban J connectivity index is 1.93. The van der Waals surface area contributed by atoms with Gasteiger partial charge in [-0.2, -0.15) is 0 Å². The Labute approximate surface area is 121 Å².